The largest absolute Gasteiger partial charge is 0.453 e. The second kappa shape index (κ2) is 7.98. The third kappa shape index (κ3) is 3.45. The third-order valence-corrected chi connectivity index (χ3v) is 5.34. The summed E-state index contributed by atoms with van der Waals surface area (Å²) in [6.45, 7) is 3.17. The Morgan fingerprint density at radius 1 is 0.552 bits per heavy atom. The highest BCUT2D eigenvalue weighted by Crippen LogP contribution is 2.48. The smallest absolute Gasteiger partial charge is 0.158 e. The van der Waals surface area contributed by atoms with Crippen LogP contribution < -0.4 is 4.90 Å². The summed E-state index contributed by atoms with van der Waals surface area (Å²) in [6, 6.07) is 31.3. The maximum Gasteiger partial charge on any atom is 0.158 e. The van der Waals surface area contributed by atoms with E-state index >= 15 is 0 Å². The topological polar surface area (TPSA) is 25.6 Å². The van der Waals surface area contributed by atoms with Gasteiger partial charge in [0.05, 0.1) is 24.5 Å². The van der Waals surface area contributed by atoms with Gasteiger partial charge in [0.1, 0.15) is 5.76 Å². The minimum Gasteiger partial charge on any atom is -0.453 e. The van der Waals surface area contributed by atoms with Crippen LogP contribution in [-0.2, 0) is 4.74 Å². The van der Waals surface area contributed by atoms with Crippen LogP contribution in [0.3, 0.4) is 0 Å². The zero-order valence-electron chi connectivity index (χ0n) is 16.3. The summed E-state index contributed by atoms with van der Waals surface area (Å²) in [5.41, 5.74) is 5.65. The number of anilines is 1. The van der Waals surface area contributed by atoms with Crippen molar-refractivity contribution in [3.8, 4) is 33.8 Å². The van der Waals surface area contributed by atoms with Gasteiger partial charge in [-0.25, -0.2) is 0 Å². The van der Waals surface area contributed by atoms with Gasteiger partial charge >= 0.3 is 0 Å². The number of morpholine rings is 1. The number of furan rings is 1. The molecule has 0 N–H and O–H groups in total. The second-order valence-corrected chi connectivity index (χ2v) is 7.18. The molecule has 0 aliphatic carbocycles. The molecular formula is C26H23NO2. The molecule has 0 bridgehead atoms. The molecule has 3 aromatic carbocycles. The molecule has 3 nitrogen and oxygen atoms in total. The Morgan fingerprint density at radius 3 is 1.59 bits per heavy atom. The molecule has 0 atom stereocenters. The lowest BCUT2D eigenvalue weighted by atomic mass is 9.98. The van der Waals surface area contributed by atoms with Gasteiger partial charge in [0.25, 0.3) is 0 Å². The minimum absolute atomic E-state index is 0.730. The first-order valence-electron chi connectivity index (χ1n) is 10.1. The Kier molecular flexibility index (Phi) is 4.89. The summed E-state index contributed by atoms with van der Waals surface area (Å²) in [7, 11) is 0. The number of nitrogens with zero attached hydrogens (tertiary/aromatic N) is 1. The first kappa shape index (κ1) is 17.8. The quantitative estimate of drug-likeness (QED) is 0.426. The van der Waals surface area contributed by atoms with Crippen LogP contribution in [0.15, 0.2) is 95.4 Å². The van der Waals surface area contributed by atoms with E-state index in [-0.39, 0.29) is 0 Å². The molecule has 1 aliphatic heterocycles. The van der Waals surface area contributed by atoms with Crippen LogP contribution in [-0.4, -0.2) is 26.3 Å². The van der Waals surface area contributed by atoms with Crippen molar-refractivity contribution in [2.24, 2.45) is 0 Å². The SMILES string of the molecule is c1ccc(-c2oc(-c3ccccc3)c(N3CCOCC3)c2-c2ccccc2)cc1. The summed E-state index contributed by atoms with van der Waals surface area (Å²) < 4.78 is 12.3. The van der Waals surface area contributed by atoms with E-state index in [1.54, 1.807) is 0 Å². The molecule has 0 unspecified atom stereocenters. The Balaban J connectivity index is 1.80. The van der Waals surface area contributed by atoms with E-state index in [4.69, 9.17) is 9.15 Å². The Bertz CT molecular complexity index is 1070. The van der Waals surface area contributed by atoms with Gasteiger partial charge in [-0.3, -0.25) is 0 Å². The van der Waals surface area contributed by atoms with Crippen LogP contribution >= 0.6 is 0 Å². The summed E-state index contributed by atoms with van der Waals surface area (Å²) in [5, 5.41) is 0. The molecule has 1 aliphatic rings. The van der Waals surface area contributed by atoms with Crippen molar-refractivity contribution in [3.05, 3.63) is 91.0 Å². The van der Waals surface area contributed by atoms with Gasteiger partial charge in [-0.15, -0.1) is 0 Å². The van der Waals surface area contributed by atoms with Gasteiger partial charge in [-0.2, -0.15) is 0 Å². The lowest BCUT2D eigenvalue weighted by molar-refractivity contribution is 0.123. The first-order valence-corrected chi connectivity index (χ1v) is 10.1. The van der Waals surface area contributed by atoms with E-state index in [1.165, 1.54) is 5.56 Å². The van der Waals surface area contributed by atoms with E-state index in [9.17, 15) is 0 Å². The lowest BCUT2D eigenvalue weighted by Gasteiger charge is -2.29. The van der Waals surface area contributed by atoms with Crippen LogP contribution in [0.5, 0.6) is 0 Å². The van der Waals surface area contributed by atoms with Gasteiger partial charge in [0, 0.05) is 24.2 Å². The van der Waals surface area contributed by atoms with Crippen molar-refractivity contribution in [3.63, 3.8) is 0 Å². The highest BCUT2D eigenvalue weighted by Gasteiger charge is 2.28. The van der Waals surface area contributed by atoms with Gasteiger partial charge in [0.2, 0.25) is 0 Å². The number of benzene rings is 3. The van der Waals surface area contributed by atoms with Crippen LogP contribution in [0.25, 0.3) is 33.8 Å². The van der Waals surface area contributed by atoms with Gasteiger partial charge in [-0.1, -0.05) is 91.0 Å². The van der Waals surface area contributed by atoms with Crippen molar-refractivity contribution in [2.45, 2.75) is 0 Å². The standard InChI is InChI=1S/C26H23NO2/c1-4-10-20(11-5-1)23-24(27-16-18-28-19-17-27)26(22-14-8-3-9-15-22)29-25(23)21-12-6-2-7-13-21/h1-15H,16-19H2. The van der Waals surface area contributed by atoms with Crippen molar-refractivity contribution < 1.29 is 9.15 Å². The van der Waals surface area contributed by atoms with Crippen LogP contribution in [0.4, 0.5) is 5.69 Å². The summed E-state index contributed by atoms with van der Waals surface area (Å²) in [4.78, 5) is 2.41. The molecule has 29 heavy (non-hydrogen) atoms. The molecule has 0 radical (unpaired) electrons. The summed E-state index contributed by atoms with van der Waals surface area (Å²) >= 11 is 0. The van der Waals surface area contributed by atoms with Crippen molar-refractivity contribution in [1.82, 2.24) is 0 Å². The molecule has 1 saturated heterocycles. The molecular weight excluding hydrogens is 358 g/mol. The van der Waals surface area contributed by atoms with Crippen LogP contribution in [0, 0.1) is 0 Å². The summed E-state index contributed by atoms with van der Waals surface area (Å²) in [6.07, 6.45) is 0. The van der Waals surface area contributed by atoms with Crippen molar-refractivity contribution >= 4 is 5.69 Å². The van der Waals surface area contributed by atoms with Crippen molar-refractivity contribution in [2.75, 3.05) is 31.2 Å². The average Bonchev–Trinajstić information content (AvgIpc) is 3.22. The van der Waals surface area contributed by atoms with E-state index in [0.29, 0.717) is 0 Å². The van der Waals surface area contributed by atoms with E-state index in [0.717, 1.165) is 60.2 Å². The summed E-state index contributed by atoms with van der Waals surface area (Å²) in [5.74, 6) is 1.84. The molecule has 3 heteroatoms. The Hall–Kier alpha value is -3.30. The Labute approximate surface area is 171 Å². The Morgan fingerprint density at radius 2 is 1.03 bits per heavy atom. The predicted molar refractivity (Wildman–Crippen MR) is 118 cm³/mol. The predicted octanol–water partition coefficient (Wildman–Crippen LogP) is 6.12. The number of hydrogen-bond donors (Lipinski definition) is 0. The lowest BCUT2D eigenvalue weighted by Crippen LogP contribution is -2.36. The molecule has 1 aromatic heterocycles. The molecule has 0 amide bonds. The van der Waals surface area contributed by atoms with Gasteiger partial charge in [0.15, 0.2) is 5.76 Å². The molecule has 1 fully saturated rings. The highest BCUT2D eigenvalue weighted by molar-refractivity contribution is 5.97. The molecule has 5 rings (SSSR count). The highest BCUT2D eigenvalue weighted by atomic mass is 16.5. The van der Waals surface area contributed by atoms with E-state index in [1.807, 2.05) is 12.1 Å². The maximum absolute atomic E-state index is 6.64. The fraction of sp³-hybridized carbons (Fsp3) is 0.154. The first-order chi connectivity index (χ1) is 14.4. The number of ether oxygens (including phenoxy) is 1. The number of rotatable bonds is 4. The van der Waals surface area contributed by atoms with Gasteiger partial charge in [-0.05, 0) is 5.56 Å². The number of hydrogen-bond acceptors (Lipinski definition) is 3. The van der Waals surface area contributed by atoms with Gasteiger partial charge < -0.3 is 14.1 Å². The molecule has 4 aromatic rings. The second-order valence-electron chi connectivity index (χ2n) is 7.18. The normalized spacial score (nSPS) is 14.1. The van der Waals surface area contributed by atoms with Crippen LogP contribution in [0.2, 0.25) is 0 Å². The zero-order valence-corrected chi connectivity index (χ0v) is 16.3. The van der Waals surface area contributed by atoms with Crippen molar-refractivity contribution in [1.29, 1.82) is 0 Å². The molecule has 0 spiro atoms. The van der Waals surface area contributed by atoms with E-state index in [2.05, 4.69) is 83.8 Å². The molecule has 2 heterocycles. The molecule has 144 valence electrons. The molecule has 0 saturated carbocycles. The monoisotopic (exact) mass is 381 g/mol. The maximum atomic E-state index is 6.64. The average molecular weight is 381 g/mol. The minimum atomic E-state index is 0.730. The van der Waals surface area contributed by atoms with Crippen LogP contribution in [0.1, 0.15) is 0 Å². The fourth-order valence-electron chi connectivity index (χ4n) is 3.96. The zero-order chi connectivity index (χ0) is 19.5. The van der Waals surface area contributed by atoms with E-state index < -0.39 is 0 Å². The third-order valence-electron chi connectivity index (χ3n) is 5.34. The fourth-order valence-corrected chi connectivity index (χ4v) is 3.96.